The van der Waals surface area contributed by atoms with E-state index < -0.39 is 17.6 Å². The zero-order valence-electron chi connectivity index (χ0n) is 19.2. The lowest BCUT2D eigenvalue weighted by Gasteiger charge is -2.33. The van der Waals surface area contributed by atoms with Crippen molar-refractivity contribution < 1.29 is 14.3 Å². The predicted octanol–water partition coefficient (Wildman–Crippen LogP) is 4.18. The van der Waals surface area contributed by atoms with E-state index in [0.29, 0.717) is 0 Å². The number of amides is 2. The molecular weight excluding hydrogens is 412 g/mol. The van der Waals surface area contributed by atoms with E-state index in [2.05, 4.69) is 42.6 Å². The zero-order valence-corrected chi connectivity index (χ0v) is 19.2. The number of hydrogen-bond donors (Lipinski definition) is 1. The van der Waals surface area contributed by atoms with Gasteiger partial charge in [-0.1, -0.05) is 67.0 Å². The summed E-state index contributed by atoms with van der Waals surface area (Å²) in [5.74, 6) is -0.645. The Labute approximate surface area is 194 Å². The van der Waals surface area contributed by atoms with E-state index in [1.54, 1.807) is 4.90 Å². The summed E-state index contributed by atoms with van der Waals surface area (Å²) in [6.45, 7) is 4.07. The van der Waals surface area contributed by atoms with Gasteiger partial charge in [0.2, 0.25) is 11.8 Å². The van der Waals surface area contributed by atoms with Gasteiger partial charge in [-0.15, -0.1) is 0 Å². The van der Waals surface area contributed by atoms with Crippen LogP contribution in [-0.2, 0) is 14.3 Å². The second-order valence-corrected chi connectivity index (χ2v) is 10.1. The smallest absolute Gasteiger partial charge is 0.246 e. The van der Waals surface area contributed by atoms with Crippen LogP contribution in [0.25, 0.3) is 0 Å². The molecule has 6 rings (SSSR count). The maximum Gasteiger partial charge on any atom is 0.246 e. The van der Waals surface area contributed by atoms with Crippen molar-refractivity contribution in [3.05, 3.63) is 77.4 Å². The summed E-state index contributed by atoms with van der Waals surface area (Å²) in [5.41, 5.74) is 3.15. The van der Waals surface area contributed by atoms with E-state index in [1.165, 1.54) is 5.56 Å². The number of nitrogens with one attached hydrogen (secondary N) is 1. The SMILES string of the molecule is Cc1ccc(C2C3C=C[C@]4(O3)C2C(=O)N(c2cccc(C)c2)C4C(=O)NC2CCCC2)cc1. The van der Waals surface area contributed by atoms with Gasteiger partial charge in [-0.3, -0.25) is 14.5 Å². The molecule has 3 heterocycles. The Kier molecular flexibility index (Phi) is 4.73. The van der Waals surface area contributed by atoms with E-state index in [9.17, 15) is 9.59 Å². The number of benzene rings is 2. The molecule has 170 valence electrons. The molecule has 0 radical (unpaired) electrons. The Hall–Kier alpha value is -2.92. The first kappa shape index (κ1) is 20.7. The summed E-state index contributed by atoms with van der Waals surface area (Å²) < 4.78 is 6.60. The topological polar surface area (TPSA) is 58.6 Å². The Morgan fingerprint density at radius 1 is 1.06 bits per heavy atom. The normalized spacial score (nSPS) is 32.5. The second kappa shape index (κ2) is 7.56. The maximum absolute atomic E-state index is 14.1. The maximum atomic E-state index is 14.1. The lowest BCUT2D eigenvalue weighted by Crippen LogP contribution is -2.56. The van der Waals surface area contributed by atoms with Gasteiger partial charge in [0.05, 0.1) is 12.0 Å². The summed E-state index contributed by atoms with van der Waals surface area (Å²) >= 11 is 0. The van der Waals surface area contributed by atoms with E-state index in [-0.39, 0.29) is 29.9 Å². The quantitative estimate of drug-likeness (QED) is 0.723. The molecular formula is C28H30N2O3. The third-order valence-corrected chi connectivity index (χ3v) is 7.97. The van der Waals surface area contributed by atoms with Gasteiger partial charge in [-0.25, -0.2) is 0 Å². The Morgan fingerprint density at radius 3 is 2.55 bits per heavy atom. The van der Waals surface area contributed by atoms with Gasteiger partial charge in [0.1, 0.15) is 11.6 Å². The first-order chi connectivity index (χ1) is 16.0. The molecule has 1 N–H and O–H groups in total. The van der Waals surface area contributed by atoms with Crippen LogP contribution in [0, 0.1) is 19.8 Å². The van der Waals surface area contributed by atoms with Crippen LogP contribution in [0.1, 0.15) is 48.3 Å². The van der Waals surface area contributed by atoms with Gasteiger partial charge in [0.25, 0.3) is 0 Å². The number of ether oxygens (including phenoxy) is 1. The van der Waals surface area contributed by atoms with Crippen molar-refractivity contribution in [3.63, 3.8) is 0 Å². The fraction of sp³-hybridized carbons (Fsp3) is 0.429. The molecule has 0 aromatic heterocycles. The highest BCUT2D eigenvalue weighted by molar-refractivity contribution is 6.09. The second-order valence-electron chi connectivity index (χ2n) is 10.1. The van der Waals surface area contributed by atoms with Gasteiger partial charge in [-0.2, -0.15) is 0 Å². The number of carbonyl (C=O) groups is 2. The lowest BCUT2D eigenvalue weighted by molar-refractivity contribution is -0.127. The van der Waals surface area contributed by atoms with Crippen LogP contribution in [0.3, 0.4) is 0 Å². The van der Waals surface area contributed by atoms with Crippen molar-refractivity contribution >= 4 is 17.5 Å². The van der Waals surface area contributed by atoms with E-state index in [1.807, 2.05) is 37.3 Å². The number of anilines is 1. The molecule has 2 aromatic carbocycles. The van der Waals surface area contributed by atoms with Crippen LogP contribution in [0.15, 0.2) is 60.7 Å². The molecule has 1 aliphatic carbocycles. The van der Waals surface area contributed by atoms with Crippen molar-refractivity contribution in [2.24, 2.45) is 5.92 Å². The predicted molar refractivity (Wildman–Crippen MR) is 127 cm³/mol. The Morgan fingerprint density at radius 2 is 1.82 bits per heavy atom. The van der Waals surface area contributed by atoms with E-state index in [4.69, 9.17) is 4.74 Å². The van der Waals surface area contributed by atoms with Crippen LogP contribution < -0.4 is 10.2 Å². The molecule has 4 aliphatic rings. The molecule has 1 spiro atoms. The van der Waals surface area contributed by atoms with Crippen LogP contribution in [0.5, 0.6) is 0 Å². The number of carbonyl (C=O) groups excluding carboxylic acids is 2. The van der Waals surface area contributed by atoms with Gasteiger partial charge >= 0.3 is 0 Å². The third kappa shape index (κ3) is 3.09. The molecule has 2 aromatic rings. The van der Waals surface area contributed by atoms with Crippen molar-refractivity contribution in [2.75, 3.05) is 4.90 Å². The minimum absolute atomic E-state index is 0.0235. The fourth-order valence-corrected chi connectivity index (χ4v) is 6.45. The zero-order chi connectivity index (χ0) is 22.7. The highest BCUT2D eigenvalue weighted by Gasteiger charge is 2.71. The molecule has 33 heavy (non-hydrogen) atoms. The average molecular weight is 443 g/mol. The number of rotatable bonds is 4. The third-order valence-electron chi connectivity index (χ3n) is 7.97. The molecule has 1 saturated carbocycles. The van der Waals surface area contributed by atoms with Crippen molar-refractivity contribution in [2.45, 2.75) is 69.2 Å². The largest absolute Gasteiger partial charge is 0.359 e. The van der Waals surface area contributed by atoms with Crippen LogP contribution in [-0.4, -0.2) is 35.6 Å². The minimum atomic E-state index is -0.941. The standard InChI is InChI=1S/C28H30N2O3/c1-17-10-12-19(13-11-17)23-22-14-15-28(33-22)24(23)27(32)30(21-9-5-6-18(2)16-21)25(28)26(31)29-20-7-3-4-8-20/h5-6,9-16,20,22-25H,3-4,7-8H2,1-2H3,(H,29,31)/t22?,23?,24?,25?,28-/m0/s1. The first-order valence-corrected chi connectivity index (χ1v) is 12.1. The highest BCUT2D eigenvalue weighted by atomic mass is 16.5. The number of nitrogens with zero attached hydrogens (tertiary/aromatic N) is 1. The molecule has 2 saturated heterocycles. The van der Waals surface area contributed by atoms with Crippen molar-refractivity contribution in [1.29, 1.82) is 0 Å². The molecule has 3 aliphatic heterocycles. The average Bonchev–Trinajstić information content (AvgIpc) is 3.56. The van der Waals surface area contributed by atoms with Gasteiger partial charge < -0.3 is 10.1 Å². The first-order valence-electron chi connectivity index (χ1n) is 12.1. The molecule has 4 unspecified atom stereocenters. The van der Waals surface area contributed by atoms with Gasteiger partial charge in [0, 0.05) is 17.6 Å². The number of fused-ring (bicyclic) bond motifs is 1. The Bertz CT molecular complexity index is 1130. The molecule has 5 nitrogen and oxygen atoms in total. The summed E-state index contributed by atoms with van der Waals surface area (Å²) in [4.78, 5) is 29.6. The Balaban J connectivity index is 1.45. The van der Waals surface area contributed by atoms with E-state index in [0.717, 1.165) is 42.5 Å². The lowest BCUT2D eigenvalue weighted by atomic mass is 9.72. The monoisotopic (exact) mass is 442 g/mol. The summed E-state index contributed by atoms with van der Waals surface area (Å²) in [7, 11) is 0. The number of aryl methyl sites for hydroxylation is 2. The van der Waals surface area contributed by atoms with Gasteiger partial charge in [-0.05, 0) is 49.9 Å². The van der Waals surface area contributed by atoms with Crippen LogP contribution in [0.2, 0.25) is 0 Å². The molecule has 5 heteroatoms. The molecule has 5 atom stereocenters. The molecule has 2 bridgehead atoms. The van der Waals surface area contributed by atoms with Crippen LogP contribution in [0.4, 0.5) is 5.69 Å². The number of hydrogen-bond acceptors (Lipinski definition) is 3. The van der Waals surface area contributed by atoms with Gasteiger partial charge in [0.15, 0.2) is 0 Å². The highest BCUT2D eigenvalue weighted by Crippen LogP contribution is 2.59. The summed E-state index contributed by atoms with van der Waals surface area (Å²) in [6.07, 6.45) is 8.14. The summed E-state index contributed by atoms with van der Waals surface area (Å²) in [5, 5.41) is 3.26. The van der Waals surface area contributed by atoms with Crippen LogP contribution >= 0.6 is 0 Å². The molecule has 2 amide bonds. The van der Waals surface area contributed by atoms with Crippen molar-refractivity contribution in [1.82, 2.24) is 5.32 Å². The minimum Gasteiger partial charge on any atom is -0.359 e. The molecule has 3 fully saturated rings. The summed E-state index contributed by atoms with van der Waals surface area (Å²) in [6, 6.07) is 15.7. The van der Waals surface area contributed by atoms with Crippen molar-refractivity contribution in [3.8, 4) is 0 Å². The van der Waals surface area contributed by atoms with E-state index >= 15 is 0 Å². The fourth-order valence-electron chi connectivity index (χ4n) is 6.45.